The first-order valence-electron chi connectivity index (χ1n) is 4.81. The Labute approximate surface area is 78.8 Å². The largest absolute Gasteiger partial charge is 0.207 e. The average molecular weight is 177 g/mol. The summed E-state index contributed by atoms with van der Waals surface area (Å²) in [5.74, 6) is -0.126. The van der Waals surface area contributed by atoms with Gasteiger partial charge < -0.3 is 0 Å². The predicted octanol–water partition coefficient (Wildman–Crippen LogP) is 3.47. The van der Waals surface area contributed by atoms with Crippen LogP contribution in [0.2, 0.25) is 0 Å². The second-order valence-corrected chi connectivity index (χ2v) is 4.02. The van der Waals surface area contributed by atoms with Gasteiger partial charge in [-0.05, 0) is 42.4 Å². The fourth-order valence-electron chi connectivity index (χ4n) is 2.10. The quantitative estimate of drug-likeness (QED) is 0.616. The van der Waals surface area contributed by atoms with Gasteiger partial charge in [0.2, 0.25) is 0 Å². The van der Waals surface area contributed by atoms with Crippen molar-refractivity contribution in [3.63, 3.8) is 0 Å². The van der Waals surface area contributed by atoms with Crippen LogP contribution in [0.4, 0.5) is 4.39 Å². The van der Waals surface area contributed by atoms with E-state index in [1.807, 2.05) is 6.07 Å². The zero-order chi connectivity index (χ0) is 9.31. The van der Waals surface area contributed by atoms with E-state index in [-0.39, 0.29) is 11.2 Å². The van der Waals surface area contributed by atoms with E-state index in [4.69, 9.17) is 0 Å². The first-order valence-corrected chi connectivity index (χ1v) is 4.81. The number of hydrogen-bond acceptors (Lipinski definition) is 0. The van der Waals surface area contributed by atoms with E-state index in [1.54, 1.807) is 12.1 Å². The van der Waals surface area contributed by atoms with Crippen LogP contribution in [-0.2, 0) is 5.41 Å². The van der Waals surface area contributed by atoms with Crippen LogP contribution in [0.5, 0.6) is 0 Å². The minimum absolute atomic E-state index is 0.113. The molecule has 0 N–H and O–H groups in total. The standard InChI is InChI=1S/C12H14F/c1-12(7-2-3-8-12)10-5-4-6-11(13)9-10/h4-7,9H,2-3,8H2,1H3. The van der Waals surface area contributed by atoms with Crippen LogP contribution in [-0.4, -0.2) is 0 Å². The van der Waals surface area contributed by atoms with Crippen LogP contribution in [0, 0.1) is 12.2 Å². The van der Waals surface area contributed by atoms with E-state index in [9.17, 15) is 4.39 Å². The molecule has 1 aromatic rings. The molecule has 2 rings (SSSR count). The van der Waals surface area contributed by atoms with E-state index in [0.717, 1.165) is 18.4 Å². The Morgan fingerprint density at radius 2 is 2.23 bits per heavy atom. The Morgan fingerprint density at radius 1 is 1.38 bits per heavy atom. The second kappa shape index (κ2) is 3.13. The van der Waals surface area contributed by atoms with Crippen LogP contribution in [0.15, 0.2) is 24.3 Å². The highest BCUT2D eigenvalue weighted by atomic mass is 19.1. The molecule has 1 saturated carbocycles. The van der Waals surface area contributed by atoms with Crippen LogP contribution in [0.25, 0.3) is 0 Å². The fraction of sp³-hybridized carbons (Fsp3) is 0.417. The molecule has 1 heteroatoms. The Balaban J connectivity index is 2.33. The lowest BCUT2D eigenvalue weighted by molar-refractivity contribution is 0.556. The van der Waals surface area contributed by atoms with Gasteiger partial charge in [0.05, 0.1) is 0 Å². The van der Waals surface area contributed by atoms with Gasteiger partial charge in [-0.15, -0.1) is 0 Å². The highest BCUT2D eigenvalue weighted by molar-refractivity contribution is 5.30. The third-order valence-corrected chi connectivity index (χ3v) is 2.98. The summed E-state index contributed by atoms with van der Waals surface area (Å²) in [5, 5.41) is 0. The van der Waals surface area contributed by atoms with E-state index < -0.39 is 0 Å². The molecule has 1 radical (unpaired) electrons. The third-order valence-electron chi connectivity index (χ3n) is 2.98. The SMILES string of the molecule is CC1(c2cccc(F)c2)[CH]CCC1. The molecular formula is C12H14F. The Bertz CT molecular complexity index is 298. The van der Waals surface area contributed by atoms with Crippen molar-refractivity contribution in [2.45, 2.75) is 31.6 Å². The molecular weight excluding hydrogens is 163 g/mol. The molecule has 0 nitrogen and oxygen atoms in total. The number of benzene rings is 1. The van der Waals surface area contributed by atoms with Gasteiger partial charge in [-0.2, -0.15) is 0 Å². The second-order valence-electron chi connectivity index (χ2n) is 4.02. The van der Waals surface area contributed by atoms with Crippen molar-refractivity contribution in [2.75, 3.05) is 0 Å². The van der Waals surface area contributed by atoms with Crippen LogP contribution < -0.4 is 0 Å². The topological polar surface area (TPSA) is 0 Å². The predicted molar refractivity (Wildman–Crippen MR) is 51.9 cm³/mol. The molecule has 0 saturated heterocycles. The molecule has 0 bridgehead atoms. The highest BCUT2D eigenvalue weighted by Crippen LogP contribution is 2.39. The van der Waals surface area contributed by atoms with E-state index in [0.29, 0.717) is 0 Å². The summed E-state index contributed by atoms with van der Waals surface area (Å²) >= 11 is 0. The zero-order valence-corrected chi connectivity index (χ0v) is 7.89. The van der Waals surface area contributed by atoms with E-state index in [1.165, 1.54) is 12.5 Å². The van der Waals surface area contributed by atoms with Crippen molar-refractivity contribution >= 4 is 0 Å². The van der Waals surface area contributed by atoms with Crippen molar-refractivity contribution < 1.29 is 4.39 Å². The van der Waals surface area contributed by atoms with Gasteiger partial charge in [-0.3, -0.25) is 0 Å². The summed E-state index contributed by atoms with van der Waals surface area (Å²) in [6.07, 6.45) is 5.85. The van der Waals surface area contributed by atoms with Gasteiger partial charge in [0.1, 0.15) is 5.82 Å². The van der Waals surface area contributed by atoms with Crippen LogP contribution >= 0.6 is 0 Å². The summed E-state index contributed by atoms with van der Waals surface area (Å²) < 4.78 is 13.0. The van der Waals surface area contributed by atoms with Gasteiger partial charge >= 0.3 is 0 Å². The van der Waals surface area contributed by atoms with Gasteiger partial charge in [-0.25, -0.2) is 4.39 Å². The molecule has 1 aliphatic carbocycles. The summed E-state index contributed by atoms with van der Waals surface area (Å²) in [7, 11) is 0. The van der Waals surface area contributed by atoms with Crippen molar-refractivity contribution in [1.29, 1.82) is 0 Å². The molecule has 0 aliphatic heterocycles. The van der Waals surface area contributed by atoms with Gasteiger partial charge in [0.25, 0.3) is 0 Å². The molecule has 0 spiro atoms. The lowest BCUT2D eigenvalue weighted by Gasteiger charge is -2.23. The van der Waals surface area contributed by atoms with Crippen molar-refractivity contribution in [3.8, 4) is 0 Å². The first-order chi connectivity index (χ1) is 6.21. The first kappa shape index (κ1) is 8.74. The van der Waals surface area contributed by atoms with Gasteiger partial charge in [0, 0.05) is 0 Å². The minimum Gasteiger partial charge on any atom is -0.207 e. The number of halogens is 1. The summed E-state index contributed by atoms with van der Waals surface area (Å²) in [6, 6.07) is 6.97. The molecule has 0 aromatic heterocycles. The highest BCUT2D eigenvalue weighted by Gasteiger charge is 2.30. The lowest BCUT2D eigenvalue weighted by Crippen LogP contribution is -2.17. The maximum Gasteiger partial charge on any atom is 0.123 e. The normalized spacial score (nSPS) is 20.5. The maximum absolute atomic E-state index is 13.0. The van der Waals surface area contributed by atoms with Crippen molar-refractivity contribution in [2.24, 2.45) is 0 Å². The van der Waals surface area contributed by atoms with Gasteiger partial charge in [-0.1, -0.05) is 25.5 Å². The number of rotatable bonds is 1. The molecule has 1 atom stereocenters. The van der Waals surface area contributed by atoms with Crippen LogP contribution in [0.3, 0.4) is 0 Å². The van der Waals surface area contributed by atoms with Gasteiger partial charge in [0.15, 0.2) is 0 Å². The summed E-state index contributed by atoms with van der Waals surface area (Å²) in [5.41, 5.74) is 1.23. The molecule has 0 heterocycles. The molecule has 1 unspecified atom stereocenters. The smallest absolute Gasteiger partial charge is 0.123 e. The monoisotopic (exact) mass is 177 g/mol. The Morgan fingerprint density at radius 3 is 2.85 bits per heavy atom. The summed E-state index contributed by atoms with van der Waals surface area (Å²) in [4.78, 5) is 0. The number of hydrogen-bond donors (Lipinski definition) is 0. The third kappa shape index (κ3) is 1.60. The Kier molecular flexibility index (Phi) is 2.10. The summed E-state index contributed by atoms with van der Waals surface area (Å²) in [6.45, 7) is 2.19. The van der Waals surface area contributed by atoms with E-state index >= 15 is 0 Å². The molecule has 13 heavy (non-hydrogen) atoms. The van der Waals surface area contributed by atoms with Crippen molar-refractivity contribution in [3.05, 3.63) is 42.1 Å². The average Bonchev–Trinajstić information content (AvgIpc) is 2.54. The molecule has 1 aliphatic rings. The van der Waals surface area contributed by atoms with Crippen molar-refractivity contribution in [1.82, 2.24) is 0 Å². The lowest BCUT2D eigenvalue weighted by atomic mass is 9.81. The zero-order valence-electron chi connectivity index (χ0n) is 7.89. The molecule has 0 amide bonds. The Hall–Kier alpha value is -0.850. The fourth-order valence-corrected chi connectivity index (χ4v) is 2.10. The molecule has 1 aromatic carbocycles. The maximum atomic E-state index is 13.0. The van der Waals surface area contributed by atoms with Crippen LogP contribution in [0.1, 0.15) is 31.7 Å². The molecule has 69 valence electrons. The van der Waals surface area contributed by atoms with E-state index in [2.05, 4.69) is 13.3 Å². The minimum atomic E-state index is -0.126. The molecule has 1 fully saturated rings.